The molecule has 0 aliphatic carbocycles. The summed E-state index contributed by atoms with van der Waals surface area (Å²) in [7, 11) is 0. The second kappa shape index (κ2) is 4.75. The van der Waals surface area contributed by atoms with Crippen molar-refractivity contribution in [1.82, 2.24) is 10.1 Å². The third-order valence-electron chi connectivity index (χ3n) is 3.17. The topological polar surface area (TPSA) is 29.3 Å². The van der Waals surface area contributed by atoms with Crippen LogP contribution in [0.2, 0.25) is 0 Å². The van der Waals surface area contributed by atoms with Gasteiger partial charge in [0.25, 0.3) is 0 Å². The van der Waals surface area contributed by atoms with Crippen molar-refractivity contribution in [2.24, 2.45) is 5.92 Å². The largest absolute Gasteiger partial charge is 0.364 e. The van der Waals surface area contributed by atoms with Gasteiger partial charge in [0.15, 0.2) is 0 Å². The van der Waals surface area contributed by atoms with Crippen LogP contribution in [0, 0.1) is 12.8 Å². The lowest BCUT2D eigenvalue weighted by Gasteiger charge is -2.30. The zero-order chi connectivity index (χ0) is 10.7. The maximum atomic E-state index is 12.4. The Balaban J connectivity index is 1.85. The third kappa shape index (κ3) is 2.56. The lowest BCUT2D eigenvalue weighted by molar-refractivity contribution is 0.159. The highest BCUT2D eigenvalue weighted by Gasteiger charge is 2.19. The summed E-state index contributed by atoms with van der Waals surface area (Å²) in [6, 6.07) is 0. The minimum Gasteiger partial charge on any atom is -0.364 e. The molecule has 1 fully saturated rings. The molecule has 1 aromatic heterocycles. The molecule has 0 N–H and O–H groups in total. The smallest absolute Gasteiger partial charge is 0.128 e. The molecule has 1 aliphatic rings. The molecule has 15 heavy (non-hydrogen) atoms. The van der Waals surface area contributed by atoms with Crippen LogP contribution in [0.3, 0.4) is 0 Å². The van der Waals surface area contributed by atoms with E-state index in [-0.39, 0.29) is 12.6 Å². The van der Waals surface area contributed by atoms with Gasteiger partial charge >= 0.3 is 0 Å². The zero-order valence-electron chi connectivity index (χ0n) is 9.08. The molecule has 1 saturated heterocycles. The fourth-order valence-electron chi connectivity index (χ4n) is 2.00. The molecule has 0 atom stereocenters. The molecule has 0 radical (unpaired) electrons. The maximum absolute atomic E-state index is 12.4. The summed E-state index contributed by atoms with van der Waals surface area (Å²) < 4.78 is 17.3. The summed E-state index contributed by atoms with van der Waals surface area (Å²) in [5.74, 6) is 0.282. The molecule has 0 spiro atoms. The van der Waals surface area contributed by atoms with Crippen molar-refractivity contribution in [2.75, 3.05) is 19.8 Å². The highest BCUT2D eigenvalue weighted by Crippen LogP contribution is 2.19. The molecule has 4 heteroatoms. The molecule has 2 heterocycles. The quantitative estimate of drug-likeness (QED) is 0.769. The molecular weight excluding hydrogens is 195 g/mol. The Bertz CT molecular complexity index is 305. The van der Waals surface area contributed by atoms with E-state index in [1.807, 2.05) is 6.92 Å². The van der Waals surface area contributed by atoms with Gasteiger partial charge in [-0.25, -0.2) is 0 Å². The number of rotatable bonds is 3. The standard InChI is InChI=1S/C11H17FN2O/c1-9-11(8-15-13-9)7-14-4-2-10(6-12)3-5-14/h8,10H,2-7H2,1H3. The number of hydrogen-bond donors (Lipinski definition) is 0. The number of hydrogen-bond acceptors (Lipinski definition) is 3. The second-order valence-corrected chi connectivity index (χ2v) is 4.30. The Kier molecular flexibility index (Phi) is 3.36. The van der Waals surface area contributed by atoms with Crippen LogP contribution < -0.4 is 0 Å². The van der Waals surface area contributed by atoms with Gasteiger partial charge in [-0.1, -0.05) is 5.16 Å². The number of halogens is 1. The molecule has 0 bridgehead atoms. The van der Waals surface area contributed by atoms with Crippen LogP contribution in [0.5, 0.6) is 0 Å². The van der Waals surface area contributed by atoms with Gasteiger partial charge in [0.2, 0.25) is 0 Å². The van der Waals surface area contributed by atoms with Crippen LogP contribution in [0.1, 0.15) is 24.1 Å². The zero-order valence-corrected chi connectivity index (χ0v) is 9.08. The van der Waals surface area contributed by atoms with Gasteiger partial charge in [-0.3, -0.25) is 9.29 Å². The van der Waals surface area contributed by atoms with Gasteiger partial charge < -0.3 is 4.52 Å². The van der Waals surface area contributed by atoms with Crippen LogP contribution >= 0.6 is 0 Å². The number of likely N-dealkylation sites (tertiary alicyclic amines) is 1. The Hall–Kier alpha value is -0.900. The van der Waals surface area contributed by atoms with E-state index in [1.165, 1.54) is 0 Å². The Labute approximate surface area is 89.2 Å². The number of alkyl halides is 1. The summed E-state index contributed by atoms with van der Waals surface area (Å²) >= 11 is 0. The van der Waals surface area contributed by atoms with Gasteiger partial charge in [0.1, 0.15) is 6.26 Å². The monoisotopic (exact) mass is 212 g/mol. The van der Waals surface area contributed by atoms with Gasteiger partial charge in [0, 0.05) is 12.1 Å². The Morgan fingerprint density at radius 1 is 1.53 bits per heavy atom. The van der Waals surface area contributed by atoms with E-state index in [4.69, 9.17) is 4.52 Å². The predicted octanol–water partition coefficient (Wildman–Crippen LogP) is 2.16. The highest BCUT2D eigenvalue weighted by molar-refractivity contribution is 5.12. The average Bonchev–Trinajstić information content (AvgIpc) is 2.66. The molecule has 0 unspecified atom stereocenters. The van der Waals surface area contributed by atoms with Crippen LogP contribution in [0.15, 0.2) is 10.8 Å². The first-order valence-electron chi connectivity index (χ1n) is 5.47. The number of aryl methyl sites for hydroxylation is 1. The van der Waals surface area contributed by atoms with E-state index in [2.05, 4.69) is 10.1 Å². The minimum absolute atomic E-state index is 0.167. The average molecular weight is 212 g/mol. The van der Waals surface area contributed by atoms with Crippen LogP contribution in [0.4, 0.5) is 4.39 Å². The maximum Gasteiger partial charge on any atom is 0.128 e. The van der Waals surface area contributed by atoms with E-state index < -0.39 is 0 Å². The fraction of sp³-hybridized carbons (Fsp3) is 0.727. The van der Waals surface area contributed by atoms with Crippen molar-refractivity contribution in [3.05, 3.63) is 17.5 Å². The van der Waals surface area contributed by atoms with E-state index in [9.17, 15) is 4.39 Å². The molecular formula is C11H17FN2O. The van der Waals surface area contributed by atoms with Crippen LogP contribution in [-0.2, 0) is 6.54 Å². The first-order valence-corrected chi connectivity index (χ1v) is 5.47. The van der Waals surface area contributed by atoms with Crippen molar-refractivity contribution >= 4 is 0 Å². The van der Waals surface area contributed by atoms with E-state index in [1.54, 1.807) is 6.26 Å². The van der Waals surface area contributed by atoms with Gasteiger partial charge in [-0.05, 0) is 38.8 Å². The molecule has 3 nitrogen and oxygen atoms in total. The highest BCUT2D eigenvalue weighted by atomic mass is 19.1. The van der Waals surface area contributed by atoms with E-state index >= 15 is 0 Å². The SMILES string of the molecule is Cc1nocc1CN1CCC(CF)CC1. The summed E-state index contributed by atoms with van der Waals surface area (Å²) in [4.78, 5) is 2.34. The van der Waals surface area contributed by atoms with E-state index in [0.717, 1.165) is 43.7 Å². The molecule has 1 aliphatic heterocycles. The summed E-state index contributed by atoms with van der Waals surface area (Å²) in [6.45, 7) is 4.64. The van der Waals surface area contributed by atoms with E-state index in [0.29, 0.717) is 0 Å². The first kappa shape index (κ1) is 10.6. The van der Waals surface area contributed by atoms with Crippen LogP contribution in [0.25, 0.3) is 0 Å². The molecule has 0 aromatic carbocycles. The lowest BCUT2D eigenvalue weighted by atomic mass is 9.98. The summed E-state index contributed by atoms with van der Waals surface area (Å²) in [5, 5.41) is 3.85. The Morgan fingerprint density at radius 3 is 2.80 bits per heavy atom. The van der Waals surface area contributed by atoms with Crippen molar-refractivity contribution in [3.63, 3.8) is 0 Å². The molecule has 0 amide bonds. The number of piperidine rings is 1. The fourth-order valence-corrected chi connectivity index (χ4v) is 2.00. The van der Waals surface area contributed by atoms with Crippen molar-refractivity contribution in [3.8, 4) is 0 Å². The second-order valence-electron chi connectivity index (χ2n) is 4.30. The van der Waals surface area contributed by atoms with Crippen molar-refractivity contribution < 1.29 is 8.91 Å². The molecule has 1 aromatic rings. The number of nitrogens with zero attached hydrogens (tertiary/aromatic N) is 2. The minimum atomic E-state index is -0.167. The van der Waals surface area contributed by atoms with Gasteiger partial charge in [-0.2, -0.15) is 0 Å². The number of aromatic nitrogens is 1. The summed E-state index contributed by atoms with van der Waals surface area (Å²) in [6.07, 6.45) is 3.65. The first-order chi connectivity index (χ1) is 7.29. The van der Waals surface area contributed by atoms with Gasteiger partial charge in [-0.15, -0.1) is 0 Å². The van der Waals surface area contributed by atoms with Crippen LogP contribution in [-0.4, -0.2) is 29.8 Å². The molecule has 2 rings (SSSR count). The Morgan fingerprint density at radius 2 is 2.27 bits per heavy atom. The normalized spacial score (nSPS) is 19.6. The predicted molar refractivity (Wildman–Crippen MR) is 55.2 cm³/mol. The third-order valence-corrected chi connectivity index (χ3v) is 3.17. The van der Waals surface area contributed by atoms with Gasteiger partial charge in [0.05, 0.1) is 12.4 Å². The van der Waals surface area contributed by atoms with Crippen molar-refractivity contribution in [2.45, 2.75) is 26.3 Å². The molecule has 0 saturated carbocycles. The lowest BCUT2D eigenvalue weighted by Crippen LogP contribution is -2.33. The summed E-state index contributed by atoms with van der Waals surface area (Å²) in [5.41, 5.74) is 2.11. The molecule has 84 valence electrons. The van der Waals surface area contributed by atoms with Crippen molar-refractivity contribution in [1.29, 1.82) is 0 Å².